The molecule has 0 unspecified atom stereocenters. The van der Waals surface area contributed by atoms with Crippen molar-refractivity contribution in [2.75, 3.05) is 6.61 Å². The summed E-state index contributed by atoms with van der Waals surface area (Å²) in [6.07, 6.45) is 6.47. The van der Waals surface area contributed by atoms with Gasteiger partial charge in [-0.05, 0) is 33.1 Å². The molecule has 94 valence electrons. The Kier molecular flexibility index (Phi) is 5.06. The van der Waals surface area contributed by atoms with E-state index in [1.54, 1.807) is 0 Å². The molecule has 0 aliphatic heterocycles. The topological polar surface area (TPSA) is 61.4 Å². The fraction of sp³-hybridized carbons (Fsp3) is 0.917. The Morgan fingerprint density at radius 3 is 2.50 bits per heavy atom. The number of aliphatic hydroxyl groups excluding tert-OH is 1. The van der Waals surface area contributed by atoms with Crippen LogP contribution in [0, 0.1) is 0 Å². The van der Waals surface area contributed by atoms with E-state index >= 15 is 0 Å². The monoisotopic (exact) mass is 228 g/mol. The van der Waals surface area contributed by atoms with Crippen LogP contribution in [0.25, 0.3) is 0 Å². The molecule has 0 radical (unpaired) electrons. The summed E-state index contributed by atoms with van der Waals surface area (Å²) in [7, 11) is 0. The summed E-state index contributed by atoms with van der Waals surface area (Å²) in [5.74, 6) is 0. The number of rotatable bonds is 4. The lowest BCUT2D eigenvalue weighted by atomic mass is 9.95. The SMILES string of the molecule is CC(C)(CCO)NC(=O)NC1CCCCC1. The highest BCUT2D eigenvalue weighted by atomic mass is 16.3. The van der Waals surface area contributed by atoms with Gasteiger partial charge in [-0.2, -0.15) is 0 Å². The highest BCUT2D eigenvalue weighted by Crippen LogP contribution is 2.17. The Bertz CT molecular complexity index is 223. The van der Waals surface area contributed by atoms with E-state index in [1.165, 1.54) is 19.3 Å². The van der Waals surface area contributed by atoms with Crippen LogP contribution in [0.15, 0.2) is 0 Å². The molecule has 1 aliphatic rings. The lowest BCUT2D eigenvalue weighted by molar-refractivity contribution is 0.205. The van der Waals surface area contributed by atoms with Crippen LogP contribution in [0.5, 0.6) is 0 Å². The first-order valence-electron chi connectivity index (χ1n) is 6.23. The third-order valence-electron chi connectivity index (χ3n) is 3.13. The number of urea groups is 1. The van der Waals surface area contributed by atoms with Gasteiger partial charge in [-0.25, -0.2) is 4.79 Å². The van der Waals surface area contributed by atoms with Crippen molar-refractivity contribution >= 4 is 6.03 Å². The van der Waals surface area contributed by atoms with Crippen LogP contribution in [0.2, 0.25) is 0 Å². The van der Waals surface area contributed by atoms with Gasteiger partial charge in [0, 0.05) is 18.2 Å². The highest BCUT2D eigenvalue weighted by Gasteiger charge is 2.22. The minimum atomic E-state index is -0.340. The van der Waals surface area contributed by atoms with Gasteiger partial charge in [0.05, 0.1) is 0 Å². The van der Waals surface area contributed by atoms with Crippen LogP contribution in [-0.2, 0) is 0 Å². The Morgan fingerprint density at radius 2 is 1.94 bits per heavy atom. The maximum atomic E-state index is 11.7. The average Bonchev–Trinajstić information content (AvgIpc) is 2.17. The second-order valence-electron chi connectivity index (χ2n) is 5.29. The maximum absolute atomic E-state index is 11.7. The van der Waals surface area contributed by atoms with Crippen molar-refractivity contribution in [3.63, 3.8) is 0 Å². The van der Waals surface area contributed by atoms with E-state index in [0.29, 0.717) is 12.5 Å². The Morgan fingerprint density at radius 1 is 1.31 bits per heavy atom. The van der Waals surface area contributed by atoms with Gasteiger partial charge in [-0.3, -0.25) is 0 Å². The molecule has 0 spiro atoms. The molecule has 1 saturated carbocycles. The lowest BCUT2D eigenvalue weighted by Gasteiger charge is -2.28. The van der Waals surface area contributed by atoms with Gasteiger partial charge in [-0.1, -0.05) is 19.3 Å². The van der Waals surface area contributed by atoms with Gasteiger partial charge in [0.2, 0.25) is 0 Å². The van der Waals surface area contributed by atoms with Crippen molar-refractivity contribution in [1.29, 1.82) is 0 Å². The van der Waals surface area contributed by atoms with E-state index in [-0.39, 0.29) is 18.2 Å². The first-order chi connectivity index (χ1) is 7.53. The van der Waals surface area contributed by atoms with Gasteiger partial charge in [0.1, 0.15) is 0 Å². The van der Waals surface area contributed by atoms with Crippen LogP contribution in [0.3, 0.4) is 0 Å². The van der Waals surface area contributed by atoms with Crippen LogP contribution in [0.1, 0.15) is 52.4 Å². The highest BCUT2D eigenvalue weighted by molar-refractivity contribution is 5.75. The predicted octanol–water partition coefficient (Wildman–Crippen LogP) is 1.78. The van der Waals surface area contributed by atoms with Crippen LogP contribution >= 0.6 is 0 Å². The fourth-order valence-electron chi connectivity index (χ4n) is 2.12. The first-order valence-corrected chi connectivity index (χ1v) is 6.23. The minimum absolute atomic E-state index is 0.0940. The van der Waals surface area contributed by atoms with Gasteiger partial charge >= 0.3 is 6.03 Å². The Balaban J connectivity index is 2.28. The van der Waals surface area contributed by atoms with Crippen molar-refractivity contribution in [1.82, 2.24) is 10.6 Å². The van der Waals surface area contributed by atoms with E-state index in [1.807, 2.05) is 13.8 Å². The molecule has 0 saturated heterocycles. The summed E-state index contributed by atoms with van der Waals surface area (Å²) in [5.41, 5.74) is -0.340. The normalized spacial score (nSPS) is 18.2. The molecule has 4 heteroatoms. The molecule has 0 aromatic heterocycles. The predicted molar refractivity (Wildman–Crippen MR) is 64.3 cm³/mol. The van der Waals surface area contributed by atoms with Crippen molar-refractivity contribution in [2.24, 2.45) is 0 Å². The van der Waals surface area contributed by atoms with Crippen molar-refractivity contribution in [2.45, 2.75) is 64.0 Å². The number of hydrogen-bond acceptors (Lipinski definition) is 2. The second-order valence-corrected chi connectivity index (χ2v) is 5.29. The lowest BCUT2D eigenvalue weighted by Crippen LogP contribution is -2.51. The molecule has 0 atom stereocenters. The fourth-order valence-corrected chi connectivity index (χ4v) is 2.12. The van der Waals surface area contributed by atoms with Gasteiger partial charge in [-0.15, -0.1) is 0 Å². The standard InChI is InChI=1S/C12H24N2O2/c1-12(2,8-9-15)14-11(16)13-10-6-4-3-5-7-10/h10,15H,3-9H2,1-2H3,(H2,13,14,16). The van der Waals surface area contributed by atoms with Gasteiger partial charge in [0.15, 0.2) is 0 Å². The number of nitrogens with one attached hydrogen (secondary N) is 2. The first kappa shape index (κ1) is 13.3. The smallest absolute Gasteiger partial charge is 0.315 e. The van der Waals surface area contributed by atoms with E-state index in [4.69, 9.17) is 5.11 Å². The quantitative estimate of drug-likeness (QED) is 0.687. The number of hydrogen-bond donors (Lipinski definition) is 3. The molecule has 0 heterocycles. The van der Waals surface area contributed by atoms with Crippen LogP contribution in [-0.4, -0.2) is 29.3 Å². The summed E-state index contributed by atoms with van der Waals surface area (Å²) in [6, 6.07) is 0.226. The molecule has 4 nitrogen and oxygen atoms in total. The molecule has 0 aromatic carbocycles. The summed E-state index contributed by atoms with van der Waals surface area (Å²) < 4.78 is 0. The number of carbonyl (C=O) groups excluding carboxylic acids is 1. The summed E-state index contributed by atoms with van der Waals surface area (Å²) in [4.78, 5) is 11.7. The van der Waals surface area contributed by atoms with Crippen molar-refractivity contribution in [3.8, 4) is 0 Å². The molecule has 0 aromatic rings. The molecule has 1 fully saturated rings. The molecule has 16 heavy (non-hydrogen) atoms. The molecular formula is C12H24N2O2. The minimum Gasteiger partial charge on any atom is -0.396 e. The molecular weight excluding hydrogens is 204 g/mol. The third kappa shape index (κ3) is 4.84. The zero-order chi connectivity index (χ0) is 12.0. The largest absolute Gasteiger partial charge is 0.396 e. The van der Waals surface area contributed by atoms with Crippen molar-refractivity contribution < 1.29 is 9.90 Å². The van der Waals surface area contributed by atoms with Crippen LogP contribution in [0.4, 0.5) is 4.79 Å². The van der Waals surface area contributed by atoms with Crippen LogP contribution < -0.4 is 10.6 Å². The Hall–Kier alpha value is -0.770. The van der Waals surface area contributed by atoms with Gasteiger partial charge < -0.3 is 15.7 Å². The summed E-state index contributed by atoms with van der Waals surface area (Å²) in [5, 5.41) is 14.8. The molecule has 3 N–H and O–H groups in total. The van der Waals surface area contributed by atoms with E-state index in [0.717, 1.165) is 12.8 Å². The summed E-state index contributed by atoms with van der Waals surface area (Å²) >= 11 is 0. The zero-order valence-corrected chi connectivity index (χ0v) is 10.4. The molecule has 1 aliphatic carbocycles. The number of amides is 2. The number of carbonyl (C=O) groups is 1. The third-order valence-corrected chi connectivity index (χ3v) is 3.13. The van der Waals surface area contributed by atoms with E-state index in [9.17, 15) is 4.79 Å². The molecule has 1 rings (SSSR count). The van der Waals surface area contributed by atoms with Crippen molar-refractivity contribution in [3.05, 3.63) is 0 Å². The van der Waals surface area contributed by atoms with Gasteiger partial charge in [0.25, 0.3) is 0 Å². The molecule has 2 amide bonds. The molecule has 0 bridgehead atoms. The maximum Gasteiger partial charge on any atom is 0.315 e. The Labute approximate surface area is 97.8 Å². The van der Waals surface area contributed by atoms with E-state index in [2.05, 4.69) is 10.6 Å². The summed E-state index contributed by atoms with van der Waals surface area (Å²) in [6.45, 7) is 3.93. The average molecular weight is 228 g/mol. The number of aliphatic hydroxyl groups is 1. The zero-order valence-electron chi connectivity index (χ0n) is 10.4. The second kappa shape index (κ2) is 6.09. The van der Waals surface area contributed by atoms with E-state index < -0.39 is 0 Å².